The predicted molar refractivity (Wildman–Crippen MR) is 48.0 cm³/mol. The Hall–Kier alpha value is -0.610. The van der Waals surface area contributed by atoms with Crippen LogP contribution in [0.4, 0.5) is 0 Å². The van der Waals surface area contributed by atoms with E-state index in [1.165, 1.54) is 0 Å². The van der Waals surface area contributed by atoms with Crippen molar-refractivity contribution < 1.29 is 20.1 Å². The number of hydrogen-bond acceptors (Lipinski definition) is 3. The topological polar surface area (TPSA) is 77.8 Å². The van der Waals surface area contributed by atoms with Crippen molar-refractivity contribution in [3.8, 4) is 0 Å². The first-order valence-corrected chi connectivity index (χ1v) is 3.75. The average molecular weight is 180 g/mol. The first-order chi connectivity index (χ1) is 5.20. The van der Waals surface area contributed by atoms with Gasteiger partial charge in [-0.15, -0.1) is 0 Å². The molecule has 0 aromatic heterocycles. The maximum Gasteiger partial charge on any atom is 0.300 e. The van der Waals surface area contributed by atoms with Crippen molar-refractivity contribution >= 4 is 5.97 Å². The minimum Gasteiger partial charge on any atom is -0.481 e. The van der Waals surface area contributed by atoms with Crippen LogP contribution in [0.1, 0.15) is 34.6 Å². The quantitative estimate of drug-likeness (QED) is 0.517. The molecule has 12 heavy (non-hydrogen) atoms. The summed E-state index contributed by atoms with van der Waals surface area (Å²) in [5, 5.41) is 23.5. The van der Waals surface area contributed by atoms with E-state index >= 15 is 0 Å². The average Bonchev–Trinajstić information content (AvgIpc) is 1.54. The van der Waals surface area contributed by atoms with Gasteiger partial charge in [0.15, 0.2) is 0 Å². The van der Waals surface area contributed by atoms with Gasteiger partial charge >= 0.3 is 0 Å². The van der Waals surface area contributed by atoms with E-state index in [0.29, 0.717) is 0 Å². The summed E-state index contributed by atoms with van der Waals surface area (Å²) in [7, 11) is 0. The fourth-order valence-corrected chi connectivity index (χ4v) is 0. The van der Waals surface area contributed by atoms with Gasteiger partial charge < -0.3 is 15.3 Å². The third-order valence-corrected chi connectivity index (χ3v) is 0. The van der Waals surface area contributed by atoms with E-state index in [4.69, 9.17) is 20.1 Å². The molecule has 0 aromatic rings. The van der Waals surface area contributed by atoms with Crippen molar-refractivity contribution in [1.82, 2.24) is 0 Å². The van der Waals surface area contributed by atoms with E-state index in [-0.39, 0.29) is 12.2 Å². The lowest BCUT2D eigenvalue weighted by Crippen LogP contribution is -1.85. The van der Waals surface area contributed by atoms with Crippen LogP contribution >= 0.6 is 0 Å². The fraction of sp³-hybridized carbons (Fsp3) is 0.875. The summed E-state index contributed by atoms with van der Waals surface area (Å²) < 4.78 is 0. The molecule has 0 saturated heterocycles. The van der Waals surface area contributed by atoms with Crippen molar-refractivity contribution in [2.24, 2.45) is 0 Å². The Kier molecular flexibility index (Phi) is 18.9. The highest BCUT2D eigenvalue weighted by Crippen LogP contribution is 1.65. The number of aliphatic hydroxyl groups excluding tert-OH is 2. The van der Waals surface area contributed by atoms with Gasteiger partial charge in [-0.1, -0.05) is 0 Å². The van der Waals surface area contributed by atoms with Gasteiger partial charge in [-0.3, -0.25) is 4.79 Å². The first-order valence-electron chi connectivity index (χ1n) is 3.75. The molecular weight excluding hydrogens is 160 g/mol. The molecule has 0 saturated carbocycles. The molecule has 0 rings (SSSR count). The maximum atomic E-state index is 9.00. The zero-order valence-corrected chi connectivity index (χ0v) is 8.40. The number of hydrogen-bond donors (Lipinski definition) is 3. The summed E-state index contributed by atoms with van der Waals surface area (Å²) in [5.41, 5.74) is 0. The highest BCUT2D eigenvalue weighted by atomic mass is 16.4. The molecule has 0 aliphatic carbocycles. The Morgan fingerprint density at radius 1 is 1.00 bits per heavy atom. The SMILES string of the molecule is CC(=O)O.CC(C)O.CC(C)O. The zero-order valence-electron chi connectivity index (χ0n) is 8.40. The van der Waals surface area contributed by atoms with Crippen molar-refractivity contribution in [1.29, 1.82) is 0 Å². The van der Waals surface area contributed by atoms with Gasteiger partial charge in [0.2, 0.25) is 0 Å². The standard InChI is InChI=1S/2C3H8O.C2H4O2/c2*1-3(2)4;1-2(3)4/h2*3-4H,1-2H3;1H3,(H,3,4). The molecular formula is C8H20O4. The second-order valence-corrected chi connectivity index (χ2v) is 2.71. The van der Waals surface area contributed by atoms with Crippen LogP contribution in [0.5, 0.6) is 0 Å². The molecule has 0 amide bonds. The van der Waals surface area contributed by atoms with Gasteiger partial charge in [0, 0.05) is 19.1 Å². The van der Waals surface area contributed by atoms with E-state index in [1.807, 2.05) is 0 Å². The van der Waals surface area contributed by atoms with Crippen LogP contribution in [-0.4, -0.2) is 33.5 Å². The lowest BCUT2D eigenvalue weighted by molar-refractivity contribution is -0.134. The van der Waals surface area contributed by atoms with E-state index in [9.17, 15) is 0 Å². The van der Waals surface area contributed by atoms with Crippen molar-refractivity contribution in [2.45, 2.75) is 46.8 Å². The number of aliphatic hydroxyl groups is 2. The monoisotopic (exact) mass is 180 g/mol. The molecule has 4 nitrogen and oxygen atoms in total. The van der Waals surface area contributed by atoms with Crippen molar-refractivity contribution in [3.05, 3.63) is 0 Å². The van der Waals surface area contributed by atoms with Crippen LogP contribution in [0, 0.1) is 0 Å². The van der Waals surface area contributed by atoms with Crippen LogP contribution in [0.2, 0.25) is 0 Å². The van der Waals surface area contributed by atoms with Gasteiger partial charge in [-0.05, 0) is 27.7 Å². The minimum atomic E-state index is -0.833. The van der Waals surface area contributed by atoms with Crippen LogP contribution < -0.4 is 0 Å². The van der Waals surface area contributed by atoms with Crippen LogP contribution in [-0.2, 0) is 4.79 Å². The summed E-state index contributed by atoms with van der Waals surface area (Å²) in [4.78, 5) is 9.00. The van der Waals surface area contributed by atoms with Crippen LogP contribution in [0.3, 0.4) is 0 Å². The predicted octanol–water partition coefficient (Wildman–Crippen LogP) is 0.865. The summed E-state index contributed by atoms with van der Waals surface area (Å²) >= 11 is 0. The Bertz CT molecular complexity index is 73.5. The number of aliphatic carboxylic acids is 1. The van der Waals surface area contributed by atoms with Gasteiger partial charge in [0.1, 0.15) is 0 Å². The van der Waals surface area contributed by atoms with E-state index in [2.05, 4.69) is 0 Å². The molecule has 0 bridgehead atoms. The van der Waals surface area contributed by atoms with Gasteiger partial charge in [-0.25, -0.2) is 0 Å². The van der Waals surface area contributed by atoms with E-state index in [0.717, 1.165) is 6.92 Å². The molecule has 0 aliphatic heterocycles. The lowest BCUT2D eigenvalue weighted by Gasteiger charge is -1.80. The Morgan fingerprint density at radius 3 is 1.00 bits per heavy atom. The minimum absolute atomic E-state index is 0.167. The summed E-state index contributed by atoms with van der Waals surface area (Å²) in [6.45, 7) is 7.97. The highest BCUT2D eigenvalue weighted by Gasteiger charge is 1.69. The molecule has 0 fully saturated rings. The molecule has 0 aromatic carbocycles. The third kappa shape index (κ3) is 1780. The largest absolute Gasteiger partial charge is 0.481 e. The summed E-state index contributed by atoms with van der Waals surface area (Å²) in [5.74, 6) is -0.833. The fourth-order valence-electron chi connectivity index (χ4n) is 0. The lowest BCUT2D eigenvalue weighted by atomic mass is 10.5. The molecule has 4 heteroatoms. The van der Waals surface area contributed by atoms with E-state index < -0.39 is 5.97 Å². The molecule has 76 valence electrons. The second-order valence-electron chi connectivity index (χ2n) is 2.71. The van der Waals surface area contributed by atoms with Gasteiger partial charge in [-0.2, -0.15) is 0 Å². The molecule has 0 radical (unpaired) electrons. The first kappa shape index (κ1) is 17.5. The van der Waals surface area contributed by atoms with Gasteiger partial charge in [0.25, 0.3) is 5.97 Å². The molecule has 0 atom stereocenters. The van der Waals surface area contributed by atoms with Crippen LogP contribution in [0.15, 0.2) is 0 Å². The van der Waals surface area contributed by atoms with Crippen LogP contribution in [0.25, 0.3) is 0 Å². The maximum absolute atomic E-state index is 9.00. The van der Waals surface area contributed by atoms with E-state index in [1.54, 1.807) is 27.7 Å². The summed E-state index contributed by atoms with van der Waals surface area (Å²) in [6, 6.07) is 0. The Morgan fingerprint density at radius 2 is 1.00 bits per heavy atom. The molecule has 0 aliphatic rings. The molecule has 0 spiro atoms. The Balaban J connectivity index is -0.000000101. The Labute approximate surface area is 73.8 Å². The normalized spacial score (nSPS) is 8.08. The molecule has 0 heterocycles. The van der Waals surface area contributed by atoms with Gasteiger partial charge in [0.05, 0.1) is 0 Å². The molecule has 3 N–H and O–H groups in total. The third-order valence-electron chi connectivity index (χ3n) is 0. The number of carboxylic acids is 1. The highest BCUT2D eigenvalue weighted by molar-refractivity contribution is 5.62. The number of carboxylic acid groups (broad SMARTS) is 1. The van der Waals surface area contributed by atoms with Crippen molar-refractivity contribution in [3.63, 3.8) is 0 Å². The smallest absolute Gasteiger partial charge is 0.300 e. The number of carbonyl (C=O) groups is 1. The molecule has 0 unspecified atom stereocenters. The summed E-state index contributed by atoms with van der Waals surface area (Å²) in [6.07, 6.45) is -0.333. The van der Waals surface area contributed by atoms with Crippen molar-refractivity contribution in [2.75, 3.05) is 0 Å². The zero-order chi connectivity index (χ0) is 10.7. The number of rotatable bonds is 0. The second kappa shape index (κ2) is 13.0.